The van der Waals surface area contributed by atoms with Crippen LogP contribution in [0.5, 0.6) is 0 Å². The van der Waals surface area contributed by atoms with Crippen LogP contribution in [0.1, 0.15) is 57.8 Å². The van der Waals surface area contributed by atoms with Crippen molar-refractivity contribution < 1.29 is 9.53 Å². The van der Waals surface area contributed by atoms with Gasteiger partial charge in [-0.3, -0.25) is 14.1 Å². The second kappa shape index (κ2) is 14.2. The number of H-pyrrole nitrogens is 1. The molecule has 2 unspecified atom stereocenters. The van der Waals surface area contributed by atoms with Gasteiger partial charge in [0.1, 0.15) is 5.60 Å². The molecule has 4 heterocycles. The minimum absolute atomic E-state index is 0. The highest BCUT2D eigenvalue weighted by atomic mass is 79.9. The van der Waals surface area contributed by atoms with Gasteiger partial charge in [-0.25, -0.2) is 24.4 Å². The van der Waals surface area contributed by atoms with E-state index in [1.165, 1.54) is 0 Å². The van der Waals surface area contributed by atoms with E-state index in [1.807, 2.05) is 80.6 Å². The van der Waals surface area contributed by atoms with Crippen LogP contribution in [0.4, 0.5) is 4.79 Å². The summed E-state index contributed by atoms with van der Waals surface area (Å²) < 4.78 is 11.3. The number of hydrogen-bond donors (Lipinski definition) is 1. The normalized spacial score (nSPS) is 12.6. The Labute approximate surface area is 288 Å². The monoisotopic (exact) mass is 770 g/mol. The fourth-order valence-corrected chi connectivity index (χ4v) is 5.68. The molecule has 0 bridgehead atoms. The van der Waals surface area contributed by atoms with Crippen molar-refractivity contribution in [2.24, 2.45) is 0 Å². The lowest BCUT2D eigenvalue weighted by Gasteiger charge is -2.19. The van der Waals surface area contributed by atoms with E-state index in [2.05, 4.69) is 46.8 Å². The first-order valence-electron chi connectivity index (χ1n) is 14.2. The Morgan fingerprint density at radius 2 is 1.30 bits per heavy atom. The molecule has 6 rings (SSSR count). The van der Waals surface area contributed by atoms with Gasteiger partial charge in [0.25, 0.3) is 0 Å². The Kier molecular flexibility index (Phi) is 10.8. The van der Waals surface area contributed by atoms with Gasteiger partial charge in [0.05, 0.1) is 23.1 Å². The van der Waals surface area contributed by atoms with Gasteiger partial charge in [0.2, 0.25) is 0 Å². The summed E-state index contributed by atoms with van der Waals surface area (Å²) in [6.07, 6.45) is 2.50. The van der Waals surface area contributed by atoms with Crippen LogP contribution in [-0.2, 0) is 4.74 Å². The molecule has 10 nitrogen and oxygen atoms in total. The van der Waals surface area contributed by atoms with E-state index in [0.29, 0.717) is 11.2 Å². The molecule has 240 valence electrons. The molecule has 1 N–H and O–H groups in total. The number of carbonyl (C=O) groups is 1. The van der Waals surface area contributed by atoms with Gasteiger partial charge in [-0.05, 0) is 89.7 Å². The predicted octanol–water partition coefficient (Wildman–Crippen LogP) is 7.87. The summed E-state index contributed by atoms with van der Waals surface area (Å²) in [7, 11) is 0. The summed E-state index contributed by atoms with van der Waals surface area (Å²) in [4.78, 5) is 49.1. The number of halogens is 3. The smallest absolute Gasteiger partial charge is 0.424 e. The Bertz CT molecular complexity index is 2100. The first-order chi connectivity index (χ1) is 21.4. The van der Waals surface area contributed by atoms with Crippen molar-refractivity contribution in [1.29, 1.82) is 0 Å². The van der Waals surface area contributed by atoms with E-state index in [9.17, 15) is 14.4 Å². The van der Waals surface area contributed by atoms with Crippen molar-refractivity contribution in [3.63, 3.8) is 0 Å². The highest BCUT2D eigenvalue weighted by Crippen LogP contribution is 2.25. The first kappa shape index (κ1) is 34.9. The SMILES string of the molecule is CC(c1ccccc1)n1c(=O)[nH]c2ncc(Br)cc21.CC(c1ccccc1)n1c(=O)n(C(=O)OC(C)(C)C)c2ncc(Br)cc21.Cl. The zero-order valence-corrected chi connectivity index (χ0v) is 29.8. The Balaban J connectivity index is 0.000000213. The lowest BCUT2D eigenvalue weighted by atomic mass is 10.1. The molecule has 4 aromatic heterocycles. The van der Waals surface area contributed by atoms with Crippen LogP contribution >= 0.6 is 44.3 Å². The summed E-state index contributed by atoms with van der Waals surface area (Å²) >= 11 is 6.78. The summed E-state index contributed by atoms with van der Waals surface area (Å²) in [5.41, 5.74) is 2.95. The number of imidazole rings is 2. The molecular formula is C33H33Br2ClN6O4. The number of nitrogens with zero attached hydrogens (tertiary/aromatic N) is 5. The Morgan fingerprint density at radius 1 is 0.804 bits per heavy atom. The fraction of sp³-hybridized carbons (Fsp3) is 0.242. The number of hydrogen-bond acceptors (Lipinski definition) is 6. The van der Waals surface area contributed by atoms with Gasteiger partial charge < -0.3 is 4.74 Å². The topological polar surface area (TPSA) is 117 Å². The fourth-order valence-electron chi connectivity index (χ4n) is 5.04. The molecule has 2 atom stereocenters. The summed E-state index contributed by atoms with van der Waals surface area (Å²) in [5.74, 6) is 0. The van der Waals surface area contributed by atoms with Crippen LogP contribution in [0.15, 0.2) is 104 Å². The molecule has 0 radical (unpaired) electrons. The molecule has 0 aliphatic carbocycles. The quantitative estimate of drug-likeness (QED) is 0.195. The maximum Gasteiger partial charge on any atom is 0.424 e. The van der Waals surface area contributed by atoms with E-state index < -0.39 is 17.4 Å². The van der Waals surface area contributed by atoms with Crippen molar-refractivity contribution in [2.75, 3.05) is 0 Å². The molecular weight excluding hydrogens is 740 g/mol. The molecule has 13 heteroatoms. The zero-order valence-electron chi connectivity index (χ0n) is 25.8. The third-order valence-corrected chi connectivity index (χ3v) is 8.00. The summed E-state index contributed by atoms with van der Waals surface area (Å²) in [5, 5.41) is 0. The maximum absolute atomic E-state index is 13.1. The lowest BCUT2D eigenvalue weighted by molar-refractivity contribution is 0.0536. The third-order valence-electron chi connectivity index (χ3n) is 7.14. The minimum atomic E-state index is -0.735. The van der Waals surface area contributed by atoms with E-state index in [0.717, 1.165) is 30.2 Å². The standard InChI is InChI=1S/C19H20BrN3O3.C14H12BrN3O.ClH/c1-12(13-8-6-5-7-9-13)22-15-10-14(20)11-21-16(15)23(17(22)24)18(25)26-19(2,3)4;1-9(10-5-3-2-4-6-10)18-12-7-11(15)8-16-13(12)17-14(18)19;/h5-12H,1-4H3;2-9H,1H3,(H,16,17,19);1H. The first-order valence-corrected chi connectivity index (χ1v) is 15.8. The Morgan fingerprint density at radius 3 is 1.85 bits per heavy atom. The molecule has 0 fully saturated rings. The highest BCUT2D eigenvalue weighted by Gasteiger charge is 2.27. The predicted molar refractivity (Wildman–Crippen MR) is 189 cm³/mol. The van der Waals surface area contributed by atoms with Crippen LogP contribution in [0.3, 0.4) is 0 Å². The van der Waals surface area contributed by atoms with Crippen molar-refractivity contribution >= 4 is 72.7 Å². The Hall–Kier alpha value is -4.00. The molecule has 0 aliphatic heterocycles. The van der Waals surface area contributed by atoms with Crippen LogP contribution in [0.2, 0.25) is 0 Å². The van der Waals surface area contributed by atoms with E-state index in [4.69, 9.17) is 4.74 Å². The van der Waals surface area contributed by atoms with Gasteiger partial charge in [-0.15, -0.1) is 12.4 Å². The van der Waals surface area contributed by atoms with Gasteiger partial charge >= 0.3 is 17.5 Å². The number of benzene rings is 2. The van der Waals surface area contributed by atoms with Crippen molar-refractivity contribution in [3.8, 4) is 0 Å². The third kappa shape index (κ3) is 7.35. The second-order valence-corrected chi connectivity index (χ2v) is 13.3. The highest BCUT2D eigenvalue weighted by molar-refractivity contribution is 9.10. The molecule has 0 saturated heterocycles. The number of nitrogens with one attached hydrogen (secondary N) is 1. The van der Waals surface area contributed by atoms with Gasteiger partial charge in [0.15, 0.2) is 11.3 Å². The lowest BCUT2D eigenvalue weighted by Crippen LogP contribution is -2.35. The number of aromatic nitrogens is 6. The molecule has 46 heavy (non-hydrogen) atoms. The molecule has 0 saturated carbocycles. The molecule has 0 amide bonds. The summed E-state index contributed by atoms with van der Waals surface area (Å²) in [6, 6.07) is 22.9. The zero-order chi connectivity index (χ0) is 32.5. The number of carbonyl (C=O) groups excluding carboxylic acids is 1. The van der Waals surface area contributed by atoms with Gasteiger partial charge in [-0.1, -0.05) is 60.7 Å². The number of pyridine rings is 2. The average Bonchev–Trinajstić information content (AvgIpc) is 3.48. The largest absolute Gasteiger partial charge is 0.443 e. The molecule has 0 spiro atoms. The minimum Gasteiger partial charge on any atom is -0.443 e. The summed E-state index contributed by atoms with van der Waals surface area (Å²) in [6.45, 7) is 9.19. The van der Waals surface area contributed by atoms with Gasteiger partial charge in [-0.2, -0.15) is 4.57 Å². The maximum atomic E-state index is 13.1. The number of fused-ring (bicyclic) bond motifs is 2. The van der Waals surface area contributed by atoms with E-state index in [-0.39, 0.29) is 35.8 Å². The van der Waals surface area contributed by atoms with Crippen molar-refractivity contribution in [2.45, 2.75) is 52.3 Å². The van der Waals surface area contributed by atoms with Crippen LogP contribution in [-0.4, -0.2) is 40.3 Å². The second-order valence-electron chi connectivity index (χ2n) is 11.5. The molecule has 0 aliphatic rings. The molecule has 2 aromatic carbocycles. The molecule has 6 aromatic rings. The van der Waals surface area contributed by atoms with Crippen LogP contribution in [0.25, 0.3) is 22.3 Å². The van der Waals surface area contributed by atoms with E-state index >= 15 is 0 Å². The van der Waals surface area contributed by atoms with Crippen LogP contribution in [0, 0.1) is 0 Å². The number of ether oxygens (including phenoxy) is 1. The van der Waals surface area contributed by atoms with Crippen LogP contribution < -0.4 is 11.4 Å². The average molecular weight is 773 g/mol. The van der Waals surface area contributed by atoms with Crippen molar-refractivity contribution in [3.05, 3.63) is 126 Å². The van der Waals surface area contributed by atoms with E-state index in [1.54, 1.807) is 48.4 Å². The van der Waals surface area contributed by atoms with Gasteiger partial charge in [0, 0.05) is 21.3 Å². The number of rotatable bonds is 4. The van der Waals surface area contributed by atoms with Crippen molar-refractivity contribution in [1.82, 2.24) is 28.7 Å². The number of aromatic amines is 1.